The summed E-state index contributed by atoms with van der Waals surface area (Å²) in [5.74, 6) is 3.08. The molecule has 0 saturated heterocycles. The number of aliphatic hydroxyl groups is 1. The first-order valence-electron chi connectivity index (χ1n) is 10.4. The molecule has 0 fully saturated rings. The average Bonchev–Trinajstić information content (AvgIpc) is 2.71. The normalized spacial score (nSPS) is 13.2. The van der Waals surface area contributed by atoms with Crippen molar-refractivity contribution in [3.8, 4) is 23.8 Å². The van der Waals surface area contributed by atoms with Crippen molar-refractivity contribution < 1.29 is 33.6 Å². The Morgan fingerprint density at radius 1 is 1.16 bits per heavy atom. The molecule has 0 aliphatic rings. The van der Waals surface area contributed by atoms with Crippen LogP contribution in [0, 0.1) is 18.3 Å². The van der Waals surface area contributed by atoms with Crippen molar-refractivity contribution >= 4 is 5.97 Å². The van der Waals surface area contributed by atoms with E-state index in [-0.39, 0.29) is 31.7 Å². The van der Waals surface area contributed by atoms with Gasteiger partial charge in [-0.05, 0) is 51.7 Å². The van der Waals surface area contributed by atoms with E-state index in [1.165, 1.54) is 0 Å². The molecule has 0 amide bonds. The second-order valence-corrected chi connectivity index (χ2v) is 8.20. The summed E-state index contributed by atoms with van der Waals surface area (Å²) in [6.45, 7) is 6.39. The first kappa shape index (κ1) is 26.8. The van der Waals surface area contributed by atoms with Crippen molar-refractivity contribution in [1.29, 1.82) is 0 Å². The minimum absolute atomic E-state index is 0.127. The Hall–Kier alpha value is -2.27. The zero-order valence-electron chi connectivity index (χ0n) is 19.3. The summed E-state index contributed by atoms with van der Waals surface area (Å²) in [7, 11) is 3.18. The van der Waals surface area contributed by atoms with Gasteiger partial charge in [0, 0.05) is 12.7 Å². The van der Waals surface area contributed by atoms with Gasteiger partial charge in [0.05, 0.1) is 33.4 Å². The third kappa shape index (κ3) is 11.1. The van der Waals surface area contributed by atoms with E-state index in [9.17, 15) is 9.90 Å². The fourth-order valence-electron chi connectivity index (χ4n) is 2.93. The van der Waals surface area contributed by atoms with E-state index in [0.29, 0.717) is 37.4 Å². The molecule has 0 saturated carbocycles. The second-order valence-electron chi connectivity index (χ2n) is 8.20. The summed E-state index contributed by atoms with van der Waals surface area (Å²) in [5.41, 5.74) is 0.333. The number of hydrogen-bond donors (Lipinski definition) is 1. The lowest BCUT2D eigenvalue weighted by atomic mass is 9.94. The van der Waals surface area contributed by atoms with Gasteiger partial charge >= 0.3 is 5.97 Å². The highest BCUT2D eigenvalue weighted by molar-refractivity contribution is 5.73. The Morgan fingerprint density at radius 3 is 2.48 bits per heavy atom. The third-order valence-electron chi connectivity index (χ3n) is 4.35. The predicted molar refractivity (Wildman–Crippen MR) is 118 cm³/mol. The first-order chi connectivity index (χ1) is 14.7. The zero-order valence-corrected chi connectivity index (χ0v) is 19.3. The summed E-state index contributed by atoms with van der Waals surface area (Å²) in [6, 6.07) is 5.54. The van der Waals surface area contributed by atoms with E-state index in [0.717, 1.165) is 5.56 Å². The Balaban J connectivity index is 2.67. The molecule has 2 atom stereocenters. The van der Waals surface area contributed by atoms with Crippen LogP contribution in [-0.4, -0.2) is 63.4 Å². The van der Waals surface area contributed by atoms with E-state index in [4.69, 9.17) is 30.1 Å². The fraction of sp³-hybridized carbons (Fsp3) is 0.625. The quantitative estimate of drug-likeness (QED) is 0.273. The predicted octanol–water partition coefficient (Wildman–Crippen LogP) is 3.01. The Kier molecular flexibility index (Phi) is 12.0. The van der Waals surface area contributed by atoms with Gasteiger partial charge in [0.1, 0.15) is 29.8 Å². The van der Waals surface area contributed by atoms with Crippen LogP contribution in [0.25, 0.3) is 0 Å². The second kappa shape index (κ2) is 13.9. The summed E-state index contributed by atoms with van der Waals surface area (Å²) < 4.78 is 26.9. The monoisotopic (exact) mass is 436 g/mol. The van der Waals surface area contributed by atoms with Gasteiger partial charge in [-0.15, -0.1) is 6.42 Å². The van der Waals surface area contributed by atoms with Crippen LogP contribution in [0.5, 0.6) is 11.5 Å². The molecule has 1 aromatic carbocycles. The number of hydrogen-bond acceptors (Lipinski definition) is 7. The number of esters is 1. The van der Waals surface area contributed by atoms with Gasteiger partial charge < -0.3 is 28.8 Å². The van der Waals surface area contributed by atoms with E-state index in [1.807, 2.05) is 32.9 Å². The molecule has 0 bridgehead atoms. The molecule has 0 aliphatic carbocycles. The van der Waals surface area contributed by atoms with Gasteiger partial charge in [0.15, 0.2) is 0 Å². The molecular formula is C24H36O7. The van der Waals surface area contributed by atoms with Crippen molar-refractivity contribution in [1.82, 2.24) is 0 Å². The molecule has 0 radical (unpaired) electrons. The Bertz CT molecular complexity index is 703. The Morgan fingerprint density at radius 2 is 1.87 bits per heavy atom. The van der Waals surface area contributed by atoms with Gasteiger partial charge in [-0.2, -0.15) is 0 Å². The molecule has 0 heterocycles. The smallest absolute Gasteiger partial charge is 0.309 e. The van der Waals surface area contributed by atoms with Crippen LogP contribution < -0.4 is 9.47 Å². The van der Waals surface area contributed by atoms with Crippen LogP contribution in [0.3, 0.4) is 0 Å². The van der Waals surface area contributed by atoms with E-state index < -0.39 is 11.7 Å². The Labute approximate surface area is 186 Å². The van der Waals surface area contributed by atoms with Crippen molar-refractivity contribution in [3.63, 3.8) is 0 Å². The van der Waals surface area contributed by atoms with E-state index in [2.05, 4.69) is 5.92 Å². The molecule has 1 aromatic rings. The number of carbonyl (C=O) groups excluding carboxylic acids is 1. The maximum Gasteiger partial charge on any atom is 0.309 e. The molecule has 1 N–H and O–H groups in total. The molecule has 174 valence electrons. The average molecular weight is 437 g/mol. The number of methoxy groups -OCH3 is 2. The van der Waals surface area contributed by atoms with Gasteiger partial charge in [-0.3, -0.25) is 4.79 Å². The van der Waals surface area contributed by atoms with Gasteiger partial charge in [-0.25, -0.2) is 0 Å². The maximum atomic E-state index is 12.8. The number of benzene rings is 1. The summed E-state index contributed by atoms with van der Waals surface area (Å²) in [6.07, 6.45) is 6.05. The number of carbonyl (C=O) groups is 1. The van der Waals surface area contributed by atoms with Gasteiger partial charge in [0.2, 0.25) is 0 Å². The first-order valence-corrected chi connectivity index (χ1v) is 10.4. The lowest BCUT2D eigenvalue weighted by Crippen LogP contribution is -2.30. The van der Waals surface area contributed by atoms with Crippen LogP contribution in [0.15, 0.2) is 18.2 Å². The lowest BCUT2D eigenvalue weighted by molar-refractivity contribution is -0.160. The van der Waals surface area contributed by atoms with Crippen molar-refractivity contribution in [2.45, 2.75) is 51.7 Å². The molecule has 0 aliphatic heterocycles. The number of rotatable bonds is 14. The highest BCUT2D eigenvalue weighted by atomic mass is 16.6. The fourth-order valence-corrected chi connectivity index (χ4v) is 2.93. The van der Waals surface area contributed by atoms with E-state index >= 15 is 0 Å². The van der Waals surface area contributed by atoms with Gasteiger partial charge in [0.25, 0.3) is 0 Å². The minimum Gasteiger partial charge on any atom is -0.497 e. The zero-order chi connectivity index (χ0) is 23.3. The van der Waals surface area contributed by atoms with Crippen LogP contribution in [0.2, 0.25) is 0 Å². The molecule has 7 nitrogen and oxygen atoms in total. The molecule has 31 heavy (non-hydrogen) atoms. The number of ether oxygens (including phenoxy) is 5. The molecular weight excluding hydrogens is 400 g/mol. The van der Waals surface area contributed by atoms with Gasteiger partial charge in [-0.1, -0.05) is 12.0 Å². The summed E-state index contributed by atoms with van der Waals surface area (Å²) >= 11 is 0. The van der Waals surface area contributed by atoms with Crippen molar-refractivity contribution in [3.05, 3.63) is 23.8 Å². The van der Waals surface area contributed by atoms with E-state index in [1.54, 1.807) is 20.3 Å². The third-order valence-corrected chi connectivity index (χ3v) is 4.35. The molecule has 0 spiro atoms. The minimum atomic E-state index is -0.737. The highest BCUT2D eigenvalue weighted by Crippen LogP contribution is 2.29. The van der Waals surface area contributed by atoms with Crippen LogP contribution in [0.4, 0.5) is 0 Å². The summed E-state index contributed by atoms with van der Waals surface area (Å²) in [4.78, 5) is 12.8. The van der Waals surface area contributed by atoms with Crippen molar-refractivity contribution in [2.24, 2.45) is 5.92 Å². The molecule has 7 heteroatoms. The standard InChI is InChI=1S/C24H36O7/c1-7-12-29-16-20(25)17-30-13-8-9-19(23(26)31-24(2,3)4)14-18-10-11-21(27-5)15-22(18)28-6/h1,10-11,15,19-20,25H,8-9,12-14,16-17H2,2-6H3. The topological polar surface area (TPSA) is 83.5 Å². The van der Waals surface area contributed by atoms with Crippen LogP contribution >= 0.6 is 0 Å². The molecule has 1 rings (SSSR count). The number of aliphatic hydroxyl groups excluding tert-OH is 1. The lowest BCUT2D eigenvalue weighted by Gasteiger charge is -2.24. The van der Waals surface area contributed by atoms with Crippen LogP contribution in [-0.2, 0) is 25.4 Å². The maximum absolute atomic E-state index is 12.8. The largest absolute Gasteiger partial charge is 0.497 e. The number of terminal acetylenes is 1. The SMILES string of the molecule is C#CCOCC(O)COCCCC(Cc1ccc(OC)cc1OC)C(=O)OC(C)(C)C. The van der Waals surface area contributed by atoms with Crippen molar-refractivity contribution in [2.75, 3.05) is 40.6 Å². The van der Waals surface area contributed by atoms with Crippen LogP contribution in [0.1, 0.15) is 39.2 Å². The highest BCUT2D eigenvalue weighted by Gasteiger charge is 2.26. The molecule has 0 aromatic heterocycles. The summed E-state index contributed by atoms with van der Waals surface area (Å²) in [5, 5.41) is 9.78. The molecule has 2 unspecified atom stereocenters.